The van der Waals surface area contributed by atoms with Gasteiger partial charge in [0.15, 0.2) is 0 Å². The monoisotopic (exact) mass is 798 g/mol. The number of carbonyl (C=O) groups is 2. The van der Waals surface area contributed by atoms with E-state index in [1.807, 2.05) is 71.9 Å². The number of benzene rings is 3. The molecule has 0 saturated heterocycles. The summed E-state index contributed by atoms with van der Waals surface area (Å²) in [5, 5.41) is 6.23. The molecule has 2 aliphatic rings. The van der Waals surface area contributed by atoms with Crippen molar-refractivity contribution in [1.29, 1.82) is 0 Å². The van der Waals surface area contributed by atoms with Crippen molar-refractivity contribution in [3.63, 3.8) is 0 Å². The Morgan fingerprint density at radius 3 is 1.50 bits per heavy atom. The van der Waals surface area contributed by atoms with Gasteiger partial charge < -0.3 is 20.6 Å². The lowest BCUT2D eigenvalue weighted by Gasteiger charge is -2.33. The molecule has 0 aliphatic heterocycles. The molecule has 2 amide bonds. The largest absolute Gasteiger partial charge is 0.345 e. The maximum atomic E-state index is 13.7. The van der Waals surface area contributed by atoms with Crippen molar-refractivity contribution < 1.29 is 27.2 Å². The molecule has 0 unspecified atom stereocenters. The van der Waals surface area contributed by atoms with Crippen LogP contribution >= 0.6 is 0 Å². The van der Waals surface area contributed by atoms with E-state index >= 15 is 0 Å². The fourth-order valence-electron chi connectivity index (χ4n) is 8.19. The summed E-state index contributed by atoms with van der Waals surface area (Å²) in [6.07, 6.45) is 1.41. The average Bonchev–Trinajstić information content (AvgIpc) is 3.82. The number of fused-ring (bicyclic) bond motifs is 1. The van der Waals surface area contributed by atoms with Gasteiger partial charge in [-0.1, -0.05) is 96.1 Å². The third kappa shape index (κ3) is 9.31. The first-order chi connectivity index (χ1) is 27.2. The van der Waals surface area contributed by atoms with E-state index in [9.17, 15) is 27.2 Å². The summed E-state index contributed by atoms with van der Waals surface area (Å²) in [6, 6.07) is 21.7. The van der Waals surface area contributed by atoms with Gasteiger partial charge in [-0.3, -0.25) is 9.59 Å². The topological polar surface area (TPSA) is 116 Å². The highest BCUT2D eigenvalue weighted by molar-refractivity contribution is 5.84. The van der Waals surface area contributed by atoms with Crippen molar-refractivity contribution in [2.24, 2.45) is 22.7 Å². The van der Waals surface area contributed by atoms with Crippen LogP contribution in [0.4, 0.5) is 17.6 Å². The van der Waals surface area contributed by atoms with Crippen molar-refractivity contribution in [3.05, 3.63) is 84.6 Å². The summed E-state index contributed by atoms with van der Waals surface area (Å²) < 4.78 is 54.9. The predicted octanol–water partition coefficient (Wildman–Crippen LogP) is 11.3. The zero-order chi connectivity index (χ0) is 41.6. The lowest BCUT2D eigenvalue weighted by atomic mass is 9.83. The molecule has 2 aromatic heterocycles. The molecule has 58 heavy (non-hydrogen) atoms. The number of nitrogens with zero attached hydrogens (tertiary/aromatic N) is 2. The molecule has 308 valence electrons. The molecular weight excluding hydrogens is 745 g/mol. The van der Waals surface area contributed by atoms with Gasteiger partial charge in [-0.15, -0.1) is 0 Å². The number of H-pyrrole nitrogens is 2. The van der Waals surface area contributed by atoms with E-state index in [1.165, 1.54) is 0 Å². The van der Waals surface area contributed by atoms with E-state index in [0.717, 1.165) is 44.5 Å². The van der Waals surface area contributed by atoms with Crippen LogP contribution in [0.25, 0.3) is 44.5 Å². The fraction of sp³-hybridized carbons (Fsp3) is 0.478. The molecule has 12 heteroatoms. The molecule has 8 nitrogen and oxygen atoms in total. The van der Waals surface area contributed by atoms with Crippen molar-refractivity contribution >= 4 is 22.8 Å². The second-order valence-corrected chi connectivity index (χ2v) is 18.6. The molecule has 3 aromatic carbocycles. The Labute approximate surface area is 337 Å². The number of amides is 2. The van der Waals surface area contributed by atoms with E-state index in [-0.39, 0.29) is 74.0 Å². The number of imidazole rings is 2. The number of hydrogen-bond donors (Lipinski definition) is 4. The van der Waals surface area contributed by atoms with Crippen molar-refractivity contribution in [3.8, 4) is 33.5 Å². The quantitative estimate of drug-likeness (QED) is 0.111. The minimum atomic E-state index is -2.69. The Bertz CT molecular complexity index is 2230. The molecule has 0 bridgehead atoms. The predicted molar refractivity (Wildman–Crippen MR) is 219 cm³/mol. The summed E-state index contributed by atoms with van der Waals surface area (Å²) in [5.41, 5.74) is 6.72. The Balaban J connectivity index is 1.02. The molecule has 2 aliphatic carbocycles. The van der Waals surface area contributed by atoms with Gasteiger partial charge in [0, 0.05) is 37.5 Å². The van der Waals surface area contributed by atoms with E-state index in [0.29, 0.717) is 11.6 Å². The van der Waals surface area contributed by atoms with E-state index < -0.39 is 35.8 Å². The maximum absolute atomic E-state index is 13.7. The van der Waals surface area contributed by atoms with Gasteiger partial charge >= 0.3 is 0 Å². The van der Waals surface area contributed by atoms with Crippen LogP contribution in [0.1, 0.15) is 117 Å². The molecular formula is C46H54F4N6O2. The molecule has 4 N–H and O–H groups in total. The lowest BCUT2D eigenvalue weighted by Crippen LogP contribution is -2.42. The van der Waals surface area contributed by atoms with Gasteiger partial charge in [-0.25, -0.2) is 27.5 Å². The van der Waals surface area contributed by atoms with Crippen LogP contribution in [-0.2, 0) is 9.59 Å². The summed E-state index contributed by atoms with van der Waals surface area (Å²) >= 11 is 0. The zero-order valence-corrected chi connectivity index (χ0v) is 34.1. The van der Waals surface area contributed by atoms with Gasteiger partial charge in [0.2, 0.25) is 23.7 Å². The van der Waals surface area contributed by atoms with E-state index in [4.69, 9.17) is 4.98 Å². The highest BCUT2D eigenvalue weighted by atomic mass is 19.3. The number of hydrogen-bond acceptors (Lipinski definition) is 4. The van der Waals surface area contributed by atoms with Crippen LogP contribution in [0.15, 0.2) is 72.9 Å². The van der Waals surface area contributed by atoms with Gasteiger partial charge in [-0.05, 0) is 76.5 Å². The number of aromatic nitrogens is 4. The zero-order valence-electron chi connectivity index (χ0n) is 34.1. The van der Waals surface area contributed by atoms with E-state index in [2.05, 4.69) is 62.0 Å². The third-order valence-corrected chi connectivity index (χ3v) is 11.9. The molecule has 5 aromatic rings. The van der Waals surface area contributed by atoms with Crippen molar-refractivity contribution in [1.82, 2.24) is 30.6 Å². The number of aromatic amines is 2. The first-order valence-electron chi connectivity index (χ1n) is 20.4. The summed E-state index contributed by atoms with van der Waals surface area (Å²) in [4.78, 5) is 42.7. The number of nitrogens with one attached hydrogen (secondary N) is 4. The Morgan fingerprint density at radius 1 is 0.621 bits per heavy atom. The summed E-state index contributed by atoms with van der Waals surface area (Å²) in [7, 11) is 0. The number of carbonyl (C=O) groups excluding carboxylic acids is 2. The molecule has 2 saturated carbocycles. The Morgan fingerprint density at radius 2 is 1.03 bits per heavy atom. The number of alkyl halides is 4. The fourth-order valence-corrected chi connectivity index (χ4v) is 8.19. The summed E-state index contributed by atoms with van der Waals surface area (Å²) in [5.74, 6) is -5.41. The minimum absolute atomic E-state index is 0.176. The Kier molecular flexibility index (Phi) is 11.1. The van der Waals surface area contributed by atoms with Crippen LogP contribution in [0.5, 0.6) is 0 Å². The highest BCUT2D eigenvalue weighted by Crippen LogP contribution is 2.40. The van der Waals surface area contributed by atoms with Crippen LogP contribution in [0, 0.1) is 22.7 Å². The Hall–Kier alpha value is -5.00. The van der Waals surface area contributed by atoms with Crippen LogP contribution in [0.2, 0.25) is 0 Å². The number of halogens is 4. The molecule has 2 atom stereocenters. The van der Waals surface area contributed by atoms with Crippen LogP contribution < -0.4 is 10.6 Å². The van der Waals surface area contributed by atoms with Gasteiger partial charge in [0.05, 0.1) is 35.0 Å². The van der Waals surface area contributed by atoms with E-state index in [1.54, 1.807) is 6.20 Å². The van der Waals surface area contributed by atoms with Crippen molar-refractivity contribution in [2.75, 3.05) is 0 Å². The lowest BCUT2D eigenvalue weighted by molar-refractivity contribution is -0.131. The second kappa shape index (κ2) is 15.6. The first-order valence-corrected chi connectivity index (χ1v) is 20.4. The van der Waals surface area contributed by atoms with Crippen LogP contribution in [0.3, 0.4) is 0 Å². The SMILES string of the molecule is CC(C)(C)[C@H](NC(=O)C1CCC(F)(F)CC1)c1ncc(-c2ccc(-c3ccc(-c4ccc5nc([C@@H](NC(=O)C6CCC(F)(F)CC6)C(C)(C)C)[nH]c5c4)cc3)cc2)[nH]1. The highest BCUT2D eigenvalue weighted by Gasteiger charge is 2.41. The molecule has 2 fully saturated rings. The van der Waals surface area contributed by atoms with Gasteiger partial charge in [0.25, 0.3) is 0 Å². The molecule has 0 radical (unpaired) electrons. The normalized spacial score (nSPS) is 18.8. The standard InChI is InChI=1S/C46H54F4N6O2/c1-43(2,3)37(55-41(57)31-17-21-45(47,48)22-18-31)39-51-26-36(54-39)30-13-11-28(12-14-30)27-7-9-29(10-8-27)33-15-16-34-35(25-33)53-40(52-34)38(44(4,5)6)56-42(58)32-19-23-46(49,50)24-20-32/h7-16,25-26,31-32,37-38H,17-24H2,1-6H3,(H,51,54)(H,52,53)(H,55,57)(H,56,58)/t37-,38-/m1/s1. The molecule has 7 rings (SSSR count). The smallest absolute Gasteiger partial charge is 0.248 e. The maximum Gasteiger partial charge on any atom is 0.248 e. The molecule has 2 heterocycles. The van der Waals surface area contributed by atoms with Gasteiger partial charge in [0.1, 0.15) is 11.6 Å². The molecule has 0 spiro atoms. The van der Waals surface area contributed by atoms with Crippen molar-refractivity contribution in [2.45, 2.75) is 117 Å². The minimum Gasteiger partial charge on any atom is -0.345 e. The number of rotatable bonds is 9. The summed E-state index contributed by atoms with van der Waals surface area (Å²) in [6.45, 7) is 12.1. The second-order valence-electron chi connectivity index (χ2n) is 18.6. The average molecular weight is 799 g/mol. The van der Waals surface area contributed by atoms with Gasteiger partial charge in [-0.2, -0.15) is 0 Å². The third-order valence-electron chi connectivity index (χ3n) is 11.9. The van der Waals surface area contributed by atoms with Crippen LogP contribution in [-0.4, -0.2) is 43.6 Å². The first kappa shape index (κ1) is 41.2.